The van der Waals surface area contributed by atoms with Gasteiger partial charge >= 0.3 is 0 Å². The molecule has 0 saturated carbocycles. The van der Waals surface area contributed by atoms with E-state index in [4.69, 9.17) is 10.5 Å². The molecule has 10 heteroatoms. The van der Waals surface area contributed by atoms with Crippen molar-refractivity contribution < 1.29 is 14.3 Å². The number of aromatic nitrogens is 3. The van der Waals surface area contributed by atoms with Gasteiger partial charge in [0.1, 0.15) is 11.4 Å². The molecule has 3 heterocycles. The van der Waals surface area contributed by atoms with E-state index in [1.807, 2.05) is 54.6 Å². The number of anilines is 3. The highest BCUT2D eigenvalue weighted by Gasteiger charge is 2.31. The number of methoxy groups -OCH3 is 1. The third-order valence-electron chi connectivity index (χ3n) is 6.84. The number of rotatable bonds is 8. The van der Waals surface area contributed by atoms with Crippen molar-refractivity contribution in [3.63, 3.8) is 0 Å². The summed E-state index contributed by atoms with van der Waals surface area (Å²) in [7, 11) is 4.93. The minimum Gasteiger partial charge on any atom is -0.481 e. The molecule has 5 rings (SSSR count). The molecule has 1 aliphatic heterocycles. The Balaban J connectivity index is 1.45. The number of ketones is 1. The van der Waals surface area contributed by atoms with Crippen molar-refractivity contribution in [2.45, 2.75) is 18.9 Å². The average Bonchev–Trinajstić information content (AvgIpc) is 2.97. The molecular weight excluding hydrogens is 506 g/mol. The lowest BCUT2D eigenvalue weighted by atomic mass is 9.81. The molecule has 2 aliphatic rings. The quantitative estimate of drug-likeness (QED) is 0.442. The number of para-hydroxylation sites is 1. The molecule has 10 nitrogen and oxygen atoms in total. The van der Waals surface area contributed by atoms with E-state index in [0.717, 1.165) is 22.4 Å². The van der Waals surface area contributed by atoms with Crippen molar-refractivity contribution in [2.75, 3.05) is 43.7 Å². The number of allylic oxidation sites excluding steroid dienone is 4. The summed E-state index contributed by atoms with van der Waals surface area (Å²) in [5, 5.41) is 3.27. The van der Waals surface area contributed by atoms with Crippen LogP contribution in [0.3, 0.4) is 0 Å². The van der Waals surface area contributed by atoms with Gasteiger partial charge in [-0.1, -0.05) is 30.4 Å². The van der Waals surface area contributed by atoms with E-state index in [1.165, 1.54) is 11.1 Å². The summed E-state index contributed by atoms with van der Waals surface area (Å²) in [5.41, 5.74) is 10.6. The number of nitrogens with two attached hydrogens (primary N) is 1. The zero-order valence-corrected chi connectivity index (χ0v) is 22.7. The van der Waals surface area contributed by atoms with Crippen LogP contribution in [0.25, 0.3) is 5.57 Å². The van der Waals surface area contributed by atoms with Gasteiger partial charge < -0.3 is 25.6 Å². The lowest BCUT2D eigenvalue weighted by molar-refractivity contribution is -0.114. The van der Waals surface area contributed by atoms with Gasteiger partial charge in [-0.25, -0.2) is 9.97 Å². The monoisotopic (exact) mass is 537 g/mol. The van der Waals surface area contributed by atoms with Gasteiger partial charge in [-0.2, -0.15) is 4.98 Å². The Hall–Kier alpha value is -4.99. The summed E-state index contributed by atoms with van der Waals surface area (Å²) in [6, 6.07) is 13.7. The van der Waals surface area contributed by atoms with Gasteiger partial charge in [0.25, 0.3) is 5.91 Å². The maximum absolute atomic E-state index is 13.1. The molecule has 0 unspecified atom stereocenters. The number of benzene rings is 1. The Kier molecular flexibility index (Phi) is 7.59. The average molecular weight is 538 g/mol. The summed E-state index contributed by atoms with van der Waals surface area (Å²) in [6.07, 6.45) is 10.1. The van der Waals surface area contributed by atoms with Crippen molar-refractivity contribution in [3.8, 4) is 5.88 Å². The maximum Gasteiger partial charge on any atom is 0.258 e. The lowest BCUT2D eigenvalue weighted by Gasteiger charge is -2.36. The fourth-order valence-electron chi connectivity index (χ4n) is 4.86. The van der Waals surface area contributed by atoms with Crippen LogP contribution in [-0.4, -0.2) is 65.3 Å². The molecule has 0 fully saturated rings. The van der Waals surface area contributed by atoms with Gasteiger partial charge in [-0.15, -0.1) is 0 Å². The molecule has 2 aromatic heterocycles. The number of amides is 1. The summed E-state index contributed by atoms with van der Waals surface area (Å²) < 4.78 is 5.34. The number of nitrogens with one attached hydrogen (secondary N) is 1. The smallest absolute Gasteiger partial charge is 0.258 e. The van der Waals surface area contributed by atoms with Gasteiger partial charge in [-0.3, -0.25) is 9.59 Å². The highest BCUT2D eigenvalue weighted by atomic mass is 16.5. The van der Waals surface area contributed by atoms with Gasteiger partial charge in [0.15, 0.2) is 5.78 Å². The Morgan fingerprint density at radius 2 is 1.95 bits per heavy atom. The molecule has 0 bridgehead atoms. The van der Waals surface area contributed by atoms with E-state index in [9.17, 15) is 9.59 Å². The molecule has 1 aromatic carbocycles. The minimum atomic E-state index is -0.222. The predicted molar refractivity (Wildman–Crippen MR) is 155 cm³/mol. The number of pyridine rings is 1. The molecule has 1 atom stereocenters. The normalized spacial score (nSPS) is 16.4. The van der Waals surface area contributed by atoms with Crippen LogP contribution < -0.4 is 20.7 Å². The molecule has 0 spiro atoms. The Morgan fingerprint density at radius 1 is 1.15 bits per heavy atom. The molecule has 1 aliphatic carbocycles. The molecule has 0 radical (unpaired) electrons. The zero-order chi connectivity index (χ0) is 28.2. The number of hydrogen-bond donors (Lipinski definition) is 2. The van der Waals surface area contributed by atoms with Crippen molar-refractivity contribution in [3.05, 3.63) is 95.5 Å². The standard InChI is InChI=1S/C30H31N7O3/c1-36(2)29(39)24-17-34-30(31)35-28(24)33-14-12-21-16-23-25(18-37(21)20-7-5-4-6-8-20)22(9-10-26(23)38)19-11-13-32-27(15-19)40-3/h4-9,11,13,15-18,21H,10,12,14H2,1-3H3,(H3,31,33,34,35)/t21-/m0/s1. The molecule has 1 amide bonds. The fourth-order valence-corrected chi connectivity index (χ4v) is 4.86. The summed E-state index contributed by atoms with van der Waals surface area (Å²) in [6.45, 7) is 0.476. The molecule has 204 valence electrons. The van der Waals surface area contributed by atoms with E-state index in [-0.39, 0.29) is 23.7 Å². The van der Waals surface area contributed by atoms with E-state index in [2.05, 4.69) is 31.4 Å². The number of hydrogen-bond acceptors (Lipinski definition) is 9. The molecule has 0 saturated heterocycles. The Labute approximate surface area is 232 Å². The number of nitrogen functional groups attached to an aromatic ring is 1. The van der Waals surface area contributed by atoms with Crippen LogP contribution in [0.5, 0.6) is 5.88 Å². The molecule has 3 N–H and O–H groups in total. The number of Topliss-reactive ketones (excluding diaryl/α,β-unsaturated/α-hetero) is 1. The third kappa shape index (κ3) is 5.42. The summed E-state index contributed by atoms with van der Waals surface area (Å²) >= 11 is 0. The Morgan fingerprint density at radius 3 is 2.70 bits per heavy atom. The second kappa shape index (κ2) is 11.4. The summed E-state index contributed by atoms with van der Waals surface area (Å²) in [4.78, 5) is 41.9. The predicted octanol–water partition coefficient (Wildman–Crippen LogP) is 3.72. The van der Waals surface area contributed by atoms with Gasteiger partial charge in [-0.05, 0) is 35.8 Å². The number of fused-ring (bicyclic) bond motifs is 1. The fraction of sp³-hybridized carbons (Fsp3) is 0.233. The van der Waals surface area contributed by atoms with Crippen LogP contribution in [0.4, 0.5) is 17.5 Å². The first-order valence-corrected chi connectivity index (χ1v) is 12.9. The largest absolute Gasteiger partial charge is 0.481 e. The minimum absolute atomic E-state index is 0.0733. The lowest BCUT2D eigenvalue weighted by Crippen LogP contribution is -2.36. The second-order valence-electron chi connectivity index (χ2n) is 9.67. The number of carbonyl (C=O) groups is 2. The number of ether oxygens (including phenoxy) is 1. The van der Waals surface area contributed by atoms with Crippen molar-refractivity contribution in [2.24, 2.45) is 0 Å². The Bertz CT molecular complexity index is 1530. The van der Waals surface area contributed by atoms with Gasteiger partial charge in [0, 0.05) is 68.6 Å². The van der Waals surface area contributed by atoms with Crippen LogP contribution in [0, 0.1) is 0 Å². The van der Waals surface area contributed by atoms with Crippen molar-refractivity contribution in [1.29, 1.82) is 0 Å². The first kappa shape index (κ1) is 26.6. The molecular formula is C30H31N7O3. The molecule has 40 heavy (non-hydrogen) atoms. The first-order valence-electron chi connectivity index (χ1n) is 12.9. The zero-order valence-electron chi connectivity index (χ0n) is 22.7. The van der Waals surface area contributed by atoms with Crippen LogP contribution in [0.1, 0.15) is 28.8 Å². The maximum atomic E-state index is 13.1. The summed E-state index contributed by atoms with van der Waals surface area (Å²) in [5.74, 6) is 0.821. The second-order valence-corrected chi connectivity index (χ2v) is 9.67. The van der Waals surface area contributed by atoms with Crippen molar-refractivity contribution in [1.82, 2.24) is 19.9 Å². The van der Waals surface area contributed by atoms with E-state index in [1.54, 1.807) is 27.4 Å². The van der Waals surface area contributed by atoms with Gasteiger partial charge in [0.2, 0.25) is 11.8 Å². The van der Waals surface area contributed by atoms with Gasteiger partial charge in [0.05, 0.1) is 13.2 Å². The van der Waals surface area contributed by atoms with E-state index in [0.29, 0.717) is 42.2 Å². The molecule has 3 aromatic rings. The third-order valence-corrected chi connectivity index (χ3v) is 6.84. The van der Waals surface area contributed by atoms with E-state index >= 15 is 0 Å². The van der Waals surface area contributed by atoms with Crippen molar-refractivity contribution >= 4 is 34.7 Å². The van der Waals surface area contributed by atoms with E-state index < -0.39 is 0 Å². The van der Waals surface area contributed by atoms with Crippen LogP contribution in [-0.2, 0) is 4.79 Å². The highest BCUT2D eigenvalue weighted by Crippen LogP contribution is 2.39. The van der Waals surface area contributed by atoms with Crippen LogP contribution in [0.2, 0.25) is 0 Å². The number of nitrogens with zero attached hydrogens (tertiary/aromatic N) is 5. The van der Waals surface area contributed by atoms with Crippen LogP contribution in [0.15, 0.2) is 84.4 Å². The SMILES string of the molecule is COc1cc(C2=CCC(=O)C3=C[C@H](CCNc4nc(N)ncc4C(=O)N(C)C)N(c4ccccc4)C=C32)ccn1. The topological polar surface area (TPSA) is 127 Å². The first-order chi connectivity index (χ1) is 19.4. The highest BCUT2D eigenvalue weighted by molar-refractivity contribution is 6.10. The number of carbonyl (C=O) groups excluding carboxylic acids is 2. The van der Waals surface area contributed by atoms with Crippen LogP contribution >= 0.6 is 0 Å².